The Balaban J connectivity index is 2.13. The molecule has 0 unspecified atom stereocenters. The van der Waals surface area contributed by atoms with E-state index in [0.29, 0.717) is 16.6 Å². The molecule has 2 aromatic heterocycles. The van der Waals surface area contributed by atoms with Gasteiger partial charge in [-0.25, -0.2) is 4.98 Å². The van der Waals surface area contributed by atoms with Crippen molar-refractivity contribution in [3.05, 3.63) is 47.9 Å². The molecule has 5 heteroatoms. The molecule has 17 heavy (non-hydrogen) atoms. The molecular weight excluding hydrogens is 234 g/mol. The van der Waals surface area contributed by atoms with E-state index in [1.165, 1.54) is 0 Å². The van der Waals surface area contributed by atoms with Gasteiger partial charge in [-0.1, -0.05) is 12.2 Å². The Morgan fingerprint density at radius 1 is 1.18 bits per heavy atom. The SMILES string of the molecule is Cc1ccc(Oc2ccc(C(N)=S)cn2)cn1. The second kappa shape index (κ2) is 4.88. The van der Waals surface area contributed by atoms with Crippen molar-refractivity contribution in [1.82, 2.24) is 9.97 Å². The normalized spacial score (nSPS) is 9.94. The van der Waals surface area contributed by atoms with Crippen molar-refractivity contribution in [2.24, 2.45) is 5.73 Å². The Kier molecular flexibility index (Phi) is 3.30. The molecule has 0 aromatic carbocycles. The topological polar surface area (TPSA) is 61.0 Å². The predicted molar refractivity (Wildman–Crippen MR) is 69.2 cm³/mol. The van der Waals surface area contributed by atoms with E-state index in [2.05, 4.69) is 9.97 Å². The van der Waals surface area contributed by atoms with Crippen LogP contribution in [-0.2, 0) is 0 Å². The Morgan fingerprint density at radius 2 is 2.00 bits per heavy atom. The number of hydrogen-bond donors (Lipinski definition) is 1. The standard InChI is InChI=1S/C12H11N3OS/c1-8-2-4-10(7-14-8)16-11-5-3-9(6-15-11)12(13)17/h2-7H,1H3,(H2,13,17). The van der Waals surface area contributed by atoms with Crippen LogP contribution in [0.5, 0.6) is 11.6 Å². The highest BCUT2D eigenvalue weighted by Gasteiger charge is 2.01. The zero-order valence-electron chi connectivity index (χ0n) is 9.25. The Labute approximate surface area is 104 Å². The fraction of sp³-hybridized carbons (Fsp3) is 0.0833. The molecule has 0 fully saturated rings. The van der Waals surface area contributed by atoms with Gasteiger partial charge in [0.2, 0.25) is 5.88 Å². The van der Waals surface area contributed by atoms with Crippen molar-refractivity contribution in [2.75, 3.05) is 0 Å². The second-order valence-corrected chi connectivity index (χ2v) is 3.93. The molecule has 0 saturated heterocycles. The molecule has 86 valence electrons. The van der Waals surface area contributed by atoms with Crippen LogP contribution in [0.1, 0.15) is 11.3 Å². The zero-order chi connectivity index (χ0) is 12.3. The Hall–Kier alpha value is -2.01. The van der Waals surface area contributed by atoms with Gasteiger partial charge in [-0.2, -0.15) is 0 Å². The third kappa shape index (κ3) is 2.98. The van der Waals surface area contributed by atoms with Gasteiger partial charge in [-0.15, -0.1) is 0 Å². The van der Waals surface area contributed by atoms with E-state index in [0.717, 1.165) is 11.3 Å². The average molecular weight is 245 g/mol. The zero-order valence-corrected chi connectivity index (χ0v) is 10.1. The number of rotatable bonds is 3. The molecule has 0 amide bonds. The van der Waals surface area contributed by atoms with Gasteiger partial charge >= 0.3 is 0 Å². The van der Waals surface area contributed by atoms with E-state index in [9.17, 15) is 0 Å². The number of pyridine rings is 2. The summed E-state index contributed by atoms with van der Waals surface area (Å²) in [6.07, 6.45) is 3.23. The van der Waals surface area contributed by atoms with Gasteiger partial charge in [0.25, 0.3) is 0 Å². The first-order chi connectivity index (χ1) is 8.15. The first-order valence-corrected chi connectivity index (χ1v) is 5.42. The molecule has 2 rings (SSSR count). The minimum Gasteiger partial charge on any atom is -0.437 e. The second-order valence-electron chi connectivity index (χ2n) is 3.49. The molecule has 2 aromatic rings. The summed E-state index contributed by atoms with van der Waals surface area (Å²) in [6, 6.07) is 7.20. The summed E-state index contributed by atoms with van der Waals surface area (Å²) in [5, 5.41) is 0. The van der Waals surface area contributed by atoms with Crippen LogP contribution in [0.15, 0.2) is 36.7 Å². The number of nitrogens with two attached hydrogens (primary N) is 1. The van der Waals surface area contributed by atoms with Gasteiger partial charge in [0.1, 0.15) is 10.7 Å². The number of ether oxygens (including phenoxy) is 1. The summed E-state index contributed by atoms with van der Waals surface area (Å²) in [5.74, 6) is 1.13. The van der Waals surface area contributed by atoms with Gasteiger partial charge in [-0.05, 0) is 25.1 Å². The molecule has 0 aliphatic heterocycles. The van der Waals surface area contributed by atoms with Crippen molar-refractivity contribution < 1.29 is 4.74 Å². The molecule has 2 N–H and O–H groups in total. The maximum Gasteiger partial charge on any atom is 0.219 e. The summed E-state index contributed by atoms with van der Waals surface area (Å²) >= 11 is 4.84. The lowest BCUT2D eigenvalue weighted by Gasteiger charge is -2.04. The predicted octanol–water partition coefficient (Wildman–Crippen LogP) is 2.21. The van der Waals surface area contributed by atoms with E-state index in [4.69, 9.17) is 22.7 Å². The monoisotopic (exact) mass is 245 g/mol. The summed E-state index contributed by atoms with van der Waals surface area (Å²) in [7, 11) is 0. The highest BCUT2D eigenvalue weighted by Crippen LogP contribution is 2.18. The van der Waals surface area contributed by atoms with Crippen molar-refractivity contribution in [3.63, 3.8) is 0 Å². The number of thiocarbonyl (C=S) groups is 1. The number of hydrogen-bond acceptors (Lipinski definition) is 4. The van der Waals surface area contributed by atoms with Gasteiger partial charge in [-0.3, -0.25) is 4.98 Å². The van der Waals surface area contributed by atoms with Crippen molar-refractivity contribution in [3.8, 4) is 11.6 Å². The smallest absolute Gasteiger partial charge is 0.219 e. The molecule has 0 aliphatic carbocycles. The minimum absolute atomic E-state index is 0.320. The van der Waals surface area contributed by atoms with Gasteiger partial charge in [0, 0.05) is 23.5 Å². The lowest BCUT2D eigenvalue weighted by molar-refractivity contribution is 0.460. The van der Waals surface area contributed by atoms with E-state index < -0.39 is 0 Å². The lowest BCUT2D eigenvalue weighted by atomic mass is 10.3. The third-order valence-electron chi connectivity index (χ3n) is 2.13. The van der Waals surface area contributed by atoms with Crippen LogP contribution in [-0.4, -0.2) is 15.0 Å². The van der Waals surface area contributed by atoms with Crippen LogP contribution in [0.2, 0.25) is 0 Å². The van der Waals surface area contributed by atoms with Crippen molar-refractivity contribution in [1.29, 1.82) is 0 Å². The minimum atomic E-state index is 0.320. The number of aromatic nitrogens is 2. The van der Waals surface area contributed by atoms with E-state index in [1.807, 2.05) is 19.1 Å². The molecule has 4 nitrogen and oxygen atoms in total. The van der Waals surface area contributed by atoms with E-state index in [-0.39, 0.29) is 0 Å². The molecular formula is C12H11N3OS. The molecule has 0 bridgehead atoms. The van der Waals surface area contributed by atoms with Crippen LogP contribution in [0.3, 0.4) is 0 Å². The molecule has 0 atom stereocenters. The molecule has 0 aliphatic rings. The van der Waals surface area contributed by atoms with Gasteiger partial charge in [0.15, 0.2) is 0 Å². The number of nitrogens with zero attached hydrogens (tertiary/aromatic N) is 2. The lowest BCUT2D eigenvalue weighted by Crippen LogP contribution is -2.09. The molecule has 0 saturated carbocycles. The maximum atomic E-state index is 5.51. The average Bonchev–Trinajstić information content (AvgIpc) is 2.33. The summed E-state index contributed by atoms with van der Waals surface area (Å²) in [5.41, 5.74) is 7.13. The van der Waals surface area contributed by atoms with Crippen molar-refractivity contribution >= 4 is 17.2 Å². The van der Waals surface area contributed by atoms with E-state index in [1.54, 1.807) is 24.5 Å². The quantitative estimate of drug-likeness (QED) is 0.840. The number of aryl methyl sites for hydroxylation is 1. The Morgan fingerprint density at radius 3 is 2.53 bits per heavy atom. The first kappa shape index (κ1) is 11.5. The van der Waals surface area contributed by atoms with Gasteiger partial charge in [0.05, 0.1) is 6.20 Å². The Bertz CT molecular complexity index is 522. The summed E-state index contributed by atoms with van der Waals surface area (Å²) in [6.45, 7) is 1.92. The van der Waals surface area contributed by atoms with Gasteiger partial charge < -0.3 is 10.5 Å². The van der Waals surface area contributed by atoms with Crippen LogP contribution in [0.4, 0.5) is 0 Å². The summed E-state index contributed by atoms with van der Waals surface area (Å²) < 4.78 is 5.51. The van der Waals surface area contributed by atoms with E-state index >= 15 is 0 Å². The maximum absolute atomic E-state index is 5.51. The molecule has 0 radical (unpaired) electrons. The van der Waals surface area contributed by atoms with Crippen LogP contribution in [0.25, 0.3) is 0 Å². The fourth-order valence-corrected chi connectivity index (χ4v) is 1.34. The largest absolute Gasteiger partial charge is 0.437 e. The highest BCUT2D eigenvalue weighted by atomic mass is 32.1. The van der Waals surface area contributed by atoms with Crippen LogP contribution >= 0.6 is 12.2 Å². The summed E-state index contributed by atoms with van der Waals surface area (Å²) in [4.78, 5) is 8.55. The molecule has 2 heterocycles. The molecule has 0 spiro atoms. The fourth-order valence-electron chi connectivity index (χ4n) is 1.22. The van der Waals surface area contributed by atoms with Crippen molar-refractivity contribution in [2.45, 2.75) is 6.92 Å². The van der Waals surface area contributed by atoms with Crippen LogP contribution < -0.4 is 10.5 Å². The third-order valence-corrected chi connectivity index (χ3v) is 2.36. The van der Waals surface area contributed by atoms with Crippen LogP contribution in [0, 0.1) is 6.92 Å². The highest BCUT2D eigenvalue weighted by molar-refractivity contribution is 7.80. The first-order valence-electron chi connectivity index (χ1n) is 5.01.